The molecule has 5 rings (SSSR count). The summed E-state index contributed by atoms with van der Waals surface area (Å²) >= 11 is 13.6. The van der Waals surface area contributed by atoms with Crippen molar-refractivity contribution < 1.29 is 23.4 Å². The van der Waals surface area contributed by atoms with Gasteiger partial charge in [0.1, 0.15) is 11.5 Å². The molecule has 0 aliphatic carbocycles. The third kappa shape index (κ3) is 5.77. The van der Waals surface area contributed by atoms with Gasteiger partial charge in [0.05, 0.1) is 46.7 Å². The number of hydrogen-bond donors (Lipinski definition) is 0. The summed E-state index contributed by atoms with van der Waals surface area (Å²) in [4.78, 5) is 32.2. The second-order valence-electron chi connectivity index (χ2n) is 9.71. The number of ether oxygens (including phenoxy) is 3. The fraction of sp³-hybridized carbons (Fsp3) is 0.258. The number of aromatic nitrogens is 1. The number of hydrogen-bond acceptors (Lipinski definition) is 8. The highest BCUT2D eigenvalue weighted by atomic mass is 35.5. The van der Waals surface area contributed by atoms with Crippen molar-refractivity contribution in [2.45, 2.75) is 39.8 Å². The second kappa shape index (κ2) is 12.2. The predicted molar refractivity (Wildman–Crippen MR) is 163 cm³/mol. The van der Waals surface area contributed by atoms with E-state index in [1.807, 2.05) is 19.9 Å². The number of esters is 1. The van der Waals surface area contributed by atoms with Crippen molar-refractivity contribution >= 4 is 46.6 Å². The highest BCUT2D eigenvalue weighted by Crippen LogP contribution is 2.37. The van der Waals surface area contributed by atoms with E-state index in [0.717, 1.165) is 0 Å². The number of carbonyl (C=O) groups excluding carboxylic acids is 1. The summed E-state index contributed by atoms with van der Waals surface area (Å²) in [6, 6.07) is 13.2. The molecule has 0 saturated heterocycles. The van der Waals surface area contributed by atoms with Crippen LogP contribution in [0.5, 0.6) is 11.5 Å². The zero-order chi connectivity index (χ0) is 30.1. The number of thiazole rings is 1. The number of carbonyl (C=O) groups is 1. The van der Waals surface area contributed by atoms with Gasteiger partial charge in [0.25, 0.3) is 5.56 Å². The van der Waals surface area contributed by atoms with Gasteiger partial charge in [0.15, 0.2) is 16.3 Å². The van der Waals surface area contributed by atoms with E-state index in [-0.39, 0.29) is 23.8 Å². The molecule has 4 aromatic rings. The smallest absolute Gasteiger partial charge is 0.338 e. The molecule has 0 unspecified atom stereocenters. The molecule has 0 amide bonds. The molecule has 2 aromatic heterocycles. The predicted octanol–water partition coefficient (Wildman–Crippen LogP) is 6.16. The van der Waals surface area contributed by atoms with Crippen LogP contribution in [0.3, 0.4) is 0 Å². The number of nitrogens with zero attached hydrogens (tertiary/aromatic N) is 2. The highest BCUT2D eigenvalue weighted by Gasteiger charge is 2.34. The Morgan fingerprint density at radius 3 is 2.62 bits per heavy atom. The van der Waals surface area contributed by atoms with Crippen LogP contribution in [0.2, 0.25) is 10.0 Å². The van der Waals surface area contributed by atoms with Gasteiger partial charge in [0.2, 0.25) is 0 Å². The van der Waals surface area contributed by atoms with Gasteiger partial charge in [-0.25, -0.2) is 9.79 Å². The lowest BCUT2D eigenvalue weighted by molar-refractivity contribution is -0.139. The average molecular weight is 628 g/mol. The summed E-state index contributed by atoms with van der Waals surface area (Å²) in [6.45, 7) is 7.48. The van der Waals surface area contributed by atoms with Crippen molar-refractivity contribution in [2.75, 3.05) is 13.7 Å². The molecular formula is C31H28Cl2N2O6S. The zero-order valence-electron chi connectivity index (χ0n) is 23.6. The van der Waals surface area contributed by atoms with E-state index in [0.29, 0.717) is 59.2 Å². The third-order valence-corrected chi connectivity index (χ3v) is 8.01. The highest BCUT2D eigenvalue weighted by molar-refractivity contribution is 7.07. The number of rotatable bonds is 8. The van der Waals surface area contributed by atoms with Gasteiger partial charge in [-0.2, -0.15) is 0 Å². The molecule has 0 spiro atoms. The van der Waals surface area contributed by atoms with Crippen LogP contribution in [0.4, 0.5) is 0 Å². The fourth-order valence-corrected chi connectivity index (χ4v) is 6.23. The number of methoxy groups -OCH3 is 1. The fourth-order valence-electron chi connectivity index (χ4n) is 4.71. The summed E-state index contributed by atoms with van der Waals surface area (Å²) < 4.78 is 24.8. The zero-order valence-corrected chi connectivity index (χ0v) is 25.9. The van der Waals surface area contributed by atoms with Crippen molar-refractivity contribution in [3.8, 4) is 22.8 Å². The molecule has 1 atom stereocenters. The molecule has 0 bridgehead atoms. The molecular weight excluding hydrogens is 599 g/mol. The number of benzene rings is 2. The molecule has 218 valence electrons. The van der Waals surface area contributed by atoms with E-state index in [1.165, 1.54) is 15.9 Å². The molecule has 11 heteroatoms. The lowest BCUT2D eigenvalue weighted by atomic mass is 9.95. The van der Waals surface area contributed by atoms with Gasteiger partial charge in [-0.15, -0.1) is 0 Å². The standard InChI is InChI=1S/C31H28Cl2N2O6S/c1-6-39-30(37)27-17(4)34-31-35(28(27)18-7-11-24(40-16(2)3)25(13-18)38-5)29(36)26(42-31)15-20-9-12-23(41-20)21-10-8-19(32)14-22(21)33/h7-16,28H,6H2,1-5H3/b26-15+/t28-/m0/s1. The first kappa shape index (κ1) is 29.7. The Labute approximate surface area is 256 Å². The minimum atomic E-state index is -0.801. The van der Waals surface area contributed by atoms with Crippen LogP contribution < -0.4 is 24.4 Å². The normalized spacial score (nSPS) is 15.0. The largest absolute Gasteiger partial charge is 0.493 e. The van der Waals surface area contributed by atoms with Gasteiger partial charge < -0.3 is 18.6 Å². The van der Waals surface area contributed by atoms with Crippen LogP contribution in [0, 0.1) is 0 Å². The van der Waals surface area contributed by atoms with Gasteiger partial charge >= 0.3 is 5.97 Å². The van der Waals surface area contributed by atoms with E-state index >= 15 is 0 Å². The molecule has 3 heterocycles. The van der Waals surface area contributed by atoms with Gasteiger partial charge in [-0.3, -0.25) is 9.36 Å². The lowest BCUT2D eigenvalue weighted by Crippen LogP contribution is -2.40. The van der Waals surface area contributed by atoms with E-state index in [1.54, 1.807) is 69.5 Å². The van der Waals surface area contributed by atoms with Crippen molar-refractivity contribution in [2.24, 2.45) is 4.99 Å². The van der Waals surface area contributed by atoms with Crippen molar-refractivity contribution in [3.05, 3.63) is 101 Å². The molecule has 0 saturated carbocycles. The van der Waals surface area contributed by atoms with Crippen LogP contribution >= 0.6 is 34.5 Å². The number of halogens is 2. The Bertz CT molecular complexity index is 1890. The Hall–Kier alpha value is -3.79. The molecule has 1 aliphatic rings. The monoisotopic (exact) mass is 626 g/mol. The third-order valence-electron chi connectivity index (χ3n) is 6.48. The summed E-state index contributed by atoms with van der Waals surface area (Å²) in [7, 11) is 1.54. The molecule has 0 radical (unpaired) electrons. The first-order valence-electron chi connectivity index (χ1n) is 13.2. The number of allylic oxidation sites excluding steroid dienone is 1. The summed E-state index contributed by atoms with van der Waals surface area (Å²) in [5.74, 6) is 1.47. The number of furan rings is 1. The Morgan fingerprint density at radius 2 is 1.93 bits per heavy atom. The van der Waals surface area contributed by atoms with E-state index in [2.05, 4.69) is 4.99 Å². The van der Waals surface area contributed by atoms with E-state index in [9.17, 15) is 9.59 Å². The van der Waals surface area contributed by atoms with Gasteiger partial charge in [0, 0.05) is 16.7 Å². The maximum absolute atomic E-state index is 13.9. The topological polar surface area (TPSA) is 92.3 Å². The van der Waals surface area contributed by atoms with Gasteiger partial charge in [-0.1, -0.05) is 40.6 Å². The molecule has 0 fully saturated rings. The average Bonchev–Trinajstić information content (AvgIpc) is 3.52. The molecule has 0 N–H and O–H groups in total. The maximum Gasteiger partial charge on any atom is 0.338 e. The lowest BCUT2D eigenvalue weighted by Gasteiger charge is -2.25. The summed E-state index contributed by atoms with van der Waals surface area (Å²) in [6.07, 6.45) is 1.58. The molecule has 8 nitrogen and oxygen atoms in total. The SMILES string of the molecule is CCOC(=O)C1=C(C)N=c2s/c(=C/c3ccc(-c4ccc(Cl)cc4Cl)o3)c(=O)n2[C@H]1c1ccc(OC(C)C)c(OC)c1. The Morgan fingerprint density at radius 1 is 1.14 bits per heavy atom. The first-order valence-corrected chi connectivity index (χ1v) is 14.8. The minimum absolute atomic E-state index is 0.0718. The molecule has 2 aromatic carbocycles. The van der Waals surface area contributed by atoms with Crippen LogP contribution in [-0.4, -0.2) is 30.4 Å². The van der Waals surface area contributed by atoms with Gasteiger partial charge in [-0.05, 0) is 75.7 Å². The van der Waals surface area contributed by atoms with Crippen LogP contribution in [-0.2, 0) is 9.53 Å². The first-order chi connectivity index (χ1) is 20.1. The van der Waals surface area contributed by atoms with Crippen molar-refractivity contribution in [1.82, 2.24) is 4.57 Å². The summed E-state index contributed by atoms with van der Waals surface area (Å²) in [5, 5.41) is 0.966. The van der Waals surface area contributed by atoms with Crippen LogP contribution in [0.25, 0.3) is 17.4 Å². The quantitative estimate of drug-likeness (QED) is 0.217. The molecule has 1 aliphatic heterocycles. The Balaban J connectivity index is 1.64. The second-order valence-corrected chi connectivity index (χ2v) is 11.6. The van der Waals surface area contributed by atoms with Crippen LogP contribution in [0.1, 0.15) is 45.1 Å². The number of fused-ring (bicyclic) bond motifs is 1. The van der Waals surface area contributed by atoms with Crippen LogP contribution in [0.15, 0.2) is 74.0 Å². The minimum Gasteiger partial charge on any atom is -0.493 e. The summed E-state index contributed by atoms with van der Waals surface area (Å²) in [5.41, 5.74) is 1.72. The Kier molecular flexibility index (Phi) is 8.63. The maximum atomic E-state index is 13.9. The molecule has 42 heavy (non-hydrogen) atoms. The van der Waals surface area contributed by atoms with E-state index in [4.69, 9.17) is 41.8 Å². The van der Waals surface area contributed by atoms with E-state index < -0.39 is 12.0 Å². The van der Waals surface area contributed by atoms with Crippen molar-refractivity contribution in [3.63, 3.8) is 0 Å². The van der Waals surface area contributed by atoms with Crippen molar-refractivity contribution in [1.29, 1.82) is 0 Å².